The van der Waals surface area contributed by atoms with Crippen LogP contribution in [0.4, 0.5) is 0 Å². The highest BCUT2D eigenvalue weighted by atomic mass is 16.1. The molecule has 2 rings (SSSR count). The molecule has 1 heteroatoms. The molecule has 0 heterocycles. The average molecular weight is 266 g/mol. The van der Waals surface area contributed by atoms with Gasteiger partial charge in [0.05, 0.1) is 0 Å². The Morgan fingerprint density at radius 3 is 2.30 bits per heavy atom. The van der Waals surface area contributed by atoms with Gasteiger partial charge in [0.25, 0.3) is 0 Å². The van der Waals surface area contributed by atoms with E-state index in [9.17, 15) is 4.79 Å². The fourth-order valence-electron chi connectivity index (χ4n) is 2.35. The predicted octanol–water partition coefficient (Wildman–Crippen LogP) is 5.05. The van der Waals surface area contributed by atoms with Gasteiger partial charge in [-0.1, -0.05) is 56.3 Å². The molecule has 0 spiro atoms. The highest BCUT2D eigenvalue weighted by molar-refractivity contribution is 6.10. The van der Waals surface area contributed by atoms with E-state index in [2.05, 4.69) is 26.0 Å². The number of hydrogen-bond donors (Lipinski definition) is 0. The number of benzene rings is 2. The lowest BCUT2D eigenvalue weighted by Gasteiger charge is -2.11. The number of hydrogen-bond acceptors (Lipinski definition) is 1. The van der Waals surface area contributed by atoms with Crippen LogP contribution in [0.3, 0.4) is 0 Å². The molecule has 0 radical (unpaired) electrons. The third-order valence-corrected chi connectivity index (χ3v) is 4.20. The standard InChI is InChI=1S/C19H22O/c1-5-13(2)16-9-11-17(12-10-16)19(20)18-8-6-7-14(3)15(18)4/h6-13H,5H2,1-4H3. The van der Waals surface area contributed by atoms with Gasteiger partial charge in [0.1, 0.15) is 0 Å². The highest BCUT2D eigenvalue weighted by Crippen LogP contribution is 2.21. The van der Waals surface area contributed by atoms with Crippen molar-refractivity contribution in [2.75, 3.05) is 0 Å². The topological polar surface area (TPSA) is 17.1 Å². The summed E-state index contributed by atoms with van der Waals surface area (Å²) < 4.78 is 0. The molecule has 0 saturated carbocycles. The molecule has 0 bridgehead atoms. The van der Waals surface area contributed by atoms with Gasteiger partial charge in [-0.15, -0.1) is 0 Å². The molecule has 0 aliphatic rings. The van der Waals surface area contributed by atoms with Gasteiger partial charge in [-0.05, 0) is 42.9 Å². The molecule has 20 heavy (non-hydrogen) atoms. The average Bonchev–Trinajstić information content (AvgIpc) is 2.48. The first-order valence-corrected chi connectivity index (χ1v) is 7.25. The molecule has 2 aromatic carbocycles. The second kappa shape index (κ2) is 6.04. The first-order chi connectivity index (χ1) is 9.54. The van der Waals surface area contributed by atoms with Gasteiger partial charge in [0.15, 0.2) is 5.78 Å². The van der Waals surface area contributed by atoms with Crippen LogP contribution in [0.15, 0.2) is 42.5 Å². The number of aryl methyl sites for hydroxylation is 1. The lowest BCUT2D eigenvalue weighted by atomic mass is 9.93. The molecular weight excluding hydrogens is 244 g/mol. The van der Waals surface area contributed by atoms with Crippen LogP contribution in [-0.4, -0.2) is 5.78 Å². The third kappa shape index (κ3) is 2.82. The molecule has 0 aliphatic carbocycles. The van der Waals surface area contributed by atoms with Crippen LogP contribution in [0.2, 0.25) is 0 Å². The maximum Gasteiger partial charge on any atom is 0.193 e. The molecular formula is C19H22O. The van der Waals surface area contributed by atoms with Gasteiger partial charge in [-0.3, -0.25) is 4.79 Å². The molecule has 2 aromatic rings. The summed E-state index contributed by atoms with van der Waals surface area (Å²) >= 11 is 0. The van der Waals surface area contributed by atoms with Crippen molar-refractivity contribution in [1.29, 1.82) is 0 Å². The molecule has 0 aliphatic heterocycles. The molecule has 104 valence electrons. The quantitative estimate of drug-likeness (QED) is 0.708. The highest BCUT2D eigenvalue weighted by Gasteiger charge is 2.13. The minimum absolute atomic E-state index is 0.113. The molecule has 0 N–H and O–H groups in total. The van der Waals surface area contributed by atoms with Crippen LogP contribution in [-0.2, 0) is 0 Å². The Hall–Kier alpha value is -1.89. The zero-order chi connectivity index (χ0) is 14.7. The number of ketones is 1. The van der Waals surface area contributed by atoms with E-state index in [1.807, 2.05) is 44.2 Å². The van der Waals surface area contributed by atoms with Crippen LogP contribution in [0.25, 0.3) is 0 Å². The third-order valence-electron chi connectivity index (χ3n) is 4.20. The van der Waals surface area contributed by atoms with Crippen molar-refractivity contribution < 1.29 is 4.79 Å². The van der Waals surface area contributed by atoms with E-state index in [0.29, 0.717) is 5.92 Å². The second-order valence-electron chi connectivity index (χ2n) is 5.51. The summed E-state index contributed by atoms with van der Waals surface area (Å²) in [6.45, 7) is 8.44. The van der Waals surface area contributed by atoms with Gasteiger partial charge >= 0.3 is 0 Å². The predicted molar refractivity (Wildman–Crippen MR) is 84.5 cm³/mol. The van der Waals surface area contributed by atoms with Gasteiger partial charge in [0.2, 0.25) is 0 Å². The monoisotopic (exact) mass is 266 g/mol. The summed E-state index contributed by atoms with van der Waals surface area (Å²) in [4.78, 5) is 12.6. The Labute approximate surface area is 121 Å². The second-order valence-corrected chi connectivity index (χ2v) is 5.51. The zero-order valence-corrected chi connectivity index (χ0v) is 12.7. The molecule has 0 amide bonds. The summed E-state index contributed by atoms with van der Waals surface area (Å²) in [7, 11) is 0. The Kier molecular flexibility index (Phi) is 4.39. The summed E-state index contributed by atoms with van der Waals surface area (Å²) in [6, 6.07) is 13.9. The van der Waals surface area contributed by atoms with E-state index in [1.54, 1.807) is 0 Å². The van der Waals surface area contributed by atoms with Crippen molar-refractivity contribution >= 4 is 5.78 Å². The largest absolute Gasteiger partial charge is 0.289 e. The molecule has 0 fully saturated rings. The van der Waals surface area contributed by atoms with E-state index in [-0.39, 0.29) is 5.78 Å². The van der Waals surface area contributed by atoms with Crippen molar-refractivity contribution in [1.82, 2.24) is 0 Å². The Morgan fingerprint density at radius 1 is 1.05 bits per heavy atom. The lowest BCUT2D eigenvalue weighted by Crippen LogP contribution is -2.05. The Balaban J connectivity index is 2.32. The van der Waals surface area contributed by atoms with E-state index in [4.69, 9.17) is 0 Å². The SMILES string of the molecule is CCC(C)c1ccc(C(=O)c2cccc(C)c2C)cc1. The van der Waals surface area contributed by atoms with Crippen molar-refractivity contribution in [2.24, 2.45) is 0 Å². The normalized spacial score (nSPS) is 12.2. The van der Waals surface area contributed by atoms with Crippen LogP contribution in [0, 0.1) is 13.8 Å². The summed E-state index contributed by atoms with van der Waals surface area (Å²) in [6.07, 6.45) is 1.12. The van der Waals surface area contributed by atoms with Gasteiger partial charge in [-0.2, -0.15) is 0 Å². The number of carbonyl (C=O) groups is 1. The van der Waals surface area contributed by atoms with Crippen LogP contribution in [0.1, 0.15) is 58.8 Å². The van der Waals surface area contributed by atoms with E-state index in [0.717, 1.165) is 28.7 Å². The Bertz CT molecular complexity index is 608. The van der Waals surface area contributed by atoms with Crippen LogP contribution in [0.5, 0.6) is 0 Å². The number of rotatable bonds is 4. The summed E-state index contributed by atoms with van der Waals surface area (Å²) in [5.41, 5.74) is 5.10. The number of carbonyl (C=O) groups excluding carboxylic acids is 1. The fraction of sp³-hybridized carbons (Fsp3) is 0.316. The minimum atomic E-state index is 0.113. The minimum Gasteiger partial charge on any atom is -0.289 e. The van der Waals surface area contributed by atoms with E-state index >= 15 is 0 Å². The van der Waals surface area contributed by atoms with Gasteiger partial charge in [0, 0.05) is 11.1 Å². The Morgan fingerprint density at radius 2 is 1.70 bits per heavy atom. The molecule has 0 aromatic heterocycles. The van der Waals surface area contributed by atoms with E-state index < -0.39 is 0 Å². The van der Waals surface area contributed by atoms with Crippen molar-refractivity contribution in [3.8, 4) is 0 Å². The van der Waals surface area contributed by atoms with E-state index in [1.165, 1.54) is 5.56 Å². The molecule has 1 atom stereocenters. The molecule has 1 unspecified atom stereocenters. The first kappa shape index (κ1) is 14.5. The van der Waals surface area contributed by atoms with Gasteiger partial charge < -0.3 is 0 Å². The maximum atomic E-state index is 12.6. The molecule has 0 saturated heterocycles. The fourth-order valence-corrected chi connectivity index (χ4v) is 2.35. The summed E-state index contributed by atoms with van der Waals surface area (Å²) in [5.74, 6) is 0.654. The first-order valence-electron chi connectivity index (χ1n) is 7.25. The zero-order valence-electron chi connectivity index (χ0n) is 12.7. The van der Waals surface area contributed by atoms with Crippen molar-refractivity contribution in [3.05, 3.63) is 70.3 Å². The maximum absolute atomic E-state index is 12.6. The van der Waals surface area contributed by atoms with Crippen LogP contribution >= 0.6 is 0 Å². The van der Waals surface area contributed by atoms with Crippen molar-refractivity contribution in [2.45, 2.75) is 40.0 Å². The smallest absolute Gasteiger partial charge is 0.193 e. The summed E-state index contributed by atoms with van der Waals surface area (Å²) in [5, 5.41) is 0. The van der Waals surface area contributed by atoms with Crippen LogP contribution < -0.4 is 0 Å². The van der Waals surface area contributed by atoms with Crippen molar-refractivity contribution in [3.63, 3.8) is 0 Å². The molecule has 1 nitrogen and oxygen atoms in total. The lowest BCUT2D eigenvalue weighted by molar-refractivity contribution is 0.103. The van der Waals surface area contributed by atoms with Gasteiger partial charge in [-0.25, -0.2) is 0 Å².